The summed E-state index contributed by atoms with van der Waals surface area (Å²) in [6, 6.07) is 8.96. The minimum absolute atomic E-state index is 0.0250. The fourth-order valence-corrected chi connectivity index (χ4v) is 3.09. The van der Waals surface area contributed by atoms with E-state index < -0.39 is 23.9 Å². The molecule has 3 N–H and O–H groups in total. The first-order valence-electron chi connectivity index (χ1n) is 8.69. The summed E-state index contributed by atoms with van der Waals surface area (Å²) in [5.41, 5.74) is 6.62. The molecule has 0 bridgehead atoms. The Morgan fingerprint density at radius 1 is 1.14 bits per heavy atom. The number of carbonyl (C=O) groups excluding carboxylic acids is 3. The molecule has 2 aromatic rings. The number of carbonyl (C=O) groups is 3. The molecule has 0 aliphatic heterocycles. The van der Waals surface area contributed by atoms with E-state index >= 15 is 0 Å². The zero-order chi connectivity index (χ0) is 20.9. The Kier molecular flexibility index (Phi) is 6.80. The van der Waals surface area contributed by atoms with E-state index in [9.17, 15) is 14.4 Å². The van der Waals surface area contributed by atoms with Gasteiger partial charge >= 0.3 is 5.97 Å². The minimum atomic E-state index is -1.05. The van der Waals surface area contributed by atoms with E-state index in [1.807, 2.05) is 12.1 Å². The number of primary amides is 1. The van der Waals surface area contributed by atoms with Crippen LogP contribution in [0.1, 0.15) is 43.6 Å². The standard InChI is InChI=1S/C20H24N2O5S/c1-12(18(25)22-19-15(17(21)24)9-10-28-19)27-16(23)11-26-14-7-5-13(6-8-14)20(2,3)4/h5-10,12H,11H2,1-4H3,(H2,21,24)(H,22,25). The van der Waals surface area contributed by atoms with Gasteiger partial charge in [0, 0.05) is 0 Å². The van der Waals surface area contributed by atoms with Crippen molar-refractivity contribution in [3.8, 4) is 5.75 Å². The summed E-state index contributed by atoms with van der Waals surface area (Å²) in [7, 11) is 0. The third kappa shape index (κ3) is 5.82. The molecule has 1 heterocycles. The van der Waals surface area contributed by atoms with Crippen LogP contribution in [-0.4, -0.2) is 30.5 Å². The van der Waals surface area contributed by atoms with Crippen molar-refractivity contribution in [2.75, 3.05) is 11.9 Å². The van der Waals surface area contributed by atoms with Gasteiger partial charge in [-0.15, -0.1) is 11.3 Å². The van der Waals surface area contributed by atoms with Crippen LogP contribution in [0.25, 0.3) is 0 Å². The van der Waals surface area contributed by atoms with Crippen LogP contribution in [0.5, 0.6) is 5.75 Å². The SMILES string of the molecule is CC(OC(=O)COc1ccc(C(C)(C)C)cc1)C(=O)Nc1sccc1C(N)=O. The summed E-state index contributed by atoms with van der Waals surface area (Å²) < 4.78 is 10.5. The first kappa shape index (κ1) is 21.4. The molecule has 0 saturated heterocycles. The predicted octanol–water partition coefficient (Wildman–Crippen LogP) is 3.09. The molecule has 150 valence electrons. The fourth-order valence-electron chi connectivity index (χ4n) is 2.29. The molecule has 28 heavy (non-hydrogen) atoms. The van der Waals surface area contributed by atoms with Crippen molar-refractivity contribution in [3.63, 3.8) is 0 Å². The number of ether oxygens (including phenoxy) is 2. The third-order valence-electron chi connectivity index (χ3n) is 3.92. The van der Waals surface area contributed by atoms with Gasteiger partial charge in [-0.05, 0) is 41.5 Å². The van der Waals surface area contributed by atoms with Crippen molar-refractivity contribution >= 4 is 34.1 Å². The highest BCUT2D eigenvalue weighted by Gasteiger charge is 2.21. The highest BCUT2D eigenvalue weighted by molar-refractivity contribution is 7.14. The summed E-state index contributed by atoms with van der Waals surface area (Å²) in [5, 5.41) is 4.48. The zero-order valence-corrected chi connectivity index (χ0v) is 17.1. The second kappa shape index (κ2) is 8.88. The molecule has 1 unspecified atom stereocenters. The Morgan fingerprint density at radius 3 is 2.36 bits per heavy atom. The monoisotopic (exact) mass is 404 g/mol. The van der Waals surface area contributed by atoms with E-state index in [0.717, 1.165) is 16.9 Å². The van der Waals surface area contributed by atoms with Gasteiger partial charge in [0.2, 0.25) is 0 Å². The molecule has 0 spiro atoms. The molecule has 8 heteroatoms. The van der Waals surface area contributed by atoms with Gasteiger partial charge in [-0.3, -0.25) is 9.59 Å². The van der Waals surface area contributed by atoms with E-state index in [4.69, 9.17) is 15.2 Å². The number of benzene rings is 1. The second-order valence-electron chi connectivity index (χ2n) is 7.21. The van der Waals surface area contributed by atoms with Crippen LogP contribution in [-0.2, 0) is 19.7 Å². The van der Waals surface area contributed by atoms with E-state index in [0.29, 0.717) is 10.8 Å². The molecule has 0 saturated carbocycles. The van der Waals surface area contributed by atoms with Gasteiger partial charge in [0.15, 0.2) is 12.7 Å². The van der Waals surface area contributed by atoms with Gasteiger partial charge in [0.05, 0.1) is 5.56 Å². The van der Waals surface area contributed by atoms with Gasteiger partial charge < -0.3 is 20.5 Å². The predicted molar refractivity (Wildman–Crippen MR) is 108 cm³/mol. The van der Waals surface area contributed by atoms with Gasteiger partial charge in [-0.2, -0.15) is 0 Å². The molecule has 1 aromatic heterocycles. The normalized spacial score (nSPS) is 12.1. The molecule has 0 radical (unpaired) electrons. The van der Waals surface area contributed by atoms with E-state index in [2.05, 4.69) is 26.1 Å². The molecule has 0 aliphatic rings. The van der Waals surface area contributed by atoms with Gasteiger partial charge in [0.1, 0.15) is 10.8 Å². The zero-order valence-electron chi connectivity index (χ0n) is 16.3. The molecule has 1 atom stereocenters. The Labute approximate surface area is 167 Å². The summed E-state index contributed by atoms with van der Waals surface area (Å²) in [6.45, 7) is 7.43. The average molecular weight is 404 g/mol. The molecule has 0 fully saturated rings. The number of hydrogen-bond acceptors (Lipinski definition) is 6. The maximum Gasteiger partial charge on any atom is 0.344 e. The Balaban J connectivity index is 1.84. The summed E-state index contributed by atoms with van der Waals surface area (Å²) in [4.78, 5) is 35.4. The number of thiophene rings is 1. The Morgan fingerprint density at radius 2 is 1.79 bits per heavy atom. The largest absolute Gasteiger partial charge is 0.482 e. The lowest BCUT2D eigenvalue weighted by Crippen LogP contribution is -2.32. The second-order valence-corrected chi connectivity index (χ2v) is 8.13. The molecule has 0 aliphatic carbocycles. The van der Waals surface area contributed by atoms with Crippen molar-refractivity contribution < 1.29 is 23.9 Å². The van der Waals surface area contributed by atoms with Crippen LogP contribution in [0, 0.1) is 0 Å². The van der Waals surface area contributed by atoms with Gasteiger partial charge in [-0.25, -0.2) is 4.79 Å². The number of nitrogens with two attached hydrogens (primary N) is 1. The van der Waals surface area contributed by atoms with Gasteiger partial charge in [0.25, 0.3) is 11.8 Å². The summed E-state index contributed by atoms with van der Waals surface area (Å²) in [5.74, 6) is -1.35. The van der Waals surface area contributed by atoms with Crippen molar-refractivity contribution in [1.82, 2.24) is 0 Å². The number of nitrogens with one attached hydrogen (secondary N) is 1. The number of rotatable bonds is 7. The topological polar surface area (TPSA) is 108 Å². The highest BCUT2D eigenvalue weighted by atomic mass is 32.1. The number of amides is 2. The van der Waals surface area contributed by atoms with E-state index in [-0.39, 0.29) is 17.6 Å². The molecule has 1 aromatic carbocycles. The number of anilines is 1. The highest BCUT2D eigenvalue weighted by Crippen LogP contribution is 2.24. The Hall–Kier alpha value is -2.87. The summed E-state index contributed by atoms with van der Waals surface area (Å²) in [6.07, 6.45) is -1.05. The lowest BCUT2D eigenvalue weighted by atomic mass is 9.87. The van der Waals surface area contributed by atoms with Crippen molar-refractivity contribution in [3.05, 3.63) is 46.8 Å². The first-order chi connectivity index (χ1) is 13.1. The minimum Gasteiger partial charge on any atom is -0.482 e. The third-order valence-corrected chi connectivity index (χ3v) is 4.75. The number of hydrogen-bond donors (Lipinski definition) is 2. The molecule has 7 nitrogen and oxygen atoms in total. The smallest absolute Gasteiger partial charge is 0.344 e. The molecule has 2 amide bonds. The van der Waals surface area contributed by atoms with Gasteiger partial charge in [-0.1, -0.05) is 32.9 Å². The lowest BCUT2D eigenvalue weighted by Gasteiger charge is -2.19. The molecular weight excluding hydrogens is 380 g/mol. The van der Waals surface area contributed by atoms with Crippen LogP contribution in [0.15, 0.2) is 35.7 Å². The Bertz CT molecular complexity index is 852. The van der Waals surface area contributed by atoms with Crippen LogP contribution >= 0.6 is 11.3 Å². The van der Waals surface area contributed by atoms with E-state index in [1.165, 1.54) is 13.0 Å². The molecule has 2 rings (SSSR count). The quantitative estimate of drug-likeness (QED) is 0.690. The fraction of sp³-hybridized carbons (Fsp3) is 0.350. The van der Waals surface area contributed by atoms with Crippen LogP contribution in [0.4, 0.5) is 5.00 Å². The van der Waals surface area contributed by atoms with Crippen LogP contribution < -0.4 is 15.8 Å². The van der Waals surface area contributed by atoms with Crippen molar-refractivity contribution in [2.45, 2.75) is 39.2 Å². The van der Waals surface area contributed by atoms with Crippen molar-refractivity contribution in [2.24, 2.45) is 5.73 Å². The lowest BCUT2D eigenvalue weighted by molar-refractivity contribution is -0.155. The van der Waals surface area contributed by atoms with E-state index in [1.54, 1.807) is 17.5 Å². The van der Waals surface area contributed by atoms with Crippen molar-refractivity contribution in [1.29, 1.82) is 0 Å². The first-order valence-corrected chi connectivity index (χ1v) is 9.57. The average Bonchev–Trinajstić information content (AvgIpc) is 3.08. The maximum absolute atomic E-state index is 12.2. The summed E-state index contributed by atoms with van der Waals surface area (Å²) >= 11 is 1.15. The maximum atomic E-state index is 12.2. The number of esters is 1. The molecular formula is C20H24N2O5S. The van der Waals surface area contributed by atoms with Crippen LogP contribution in [0.3, 0.4) is 0 Å². The van der Waals surface area contributed by atoms with Crippen LogP contribution in [0.2, 0.25) is 0 Å².